The molecule has 0 radical (unpaired) electrons. The lowest BCUT2D eigenvalue weighted by Crippen LogP contribution is -2.45. The summed E-state index contributed by atoms with van der Waals surface area (Å²) in [6, 6.07) is 0. The first kappa shape index (κ1) is 16.6. The fourth-order valence-electron chi connectivity index (χ4n) is 3.17. The molecule has 1 aliphatic heterocycles. The number of amides is 1. The maximum Gasteiger partial charge on any atom is 0.227 e. The summed E-state index contributed by atoms with van der Waals surface area (Å²) in [6.07, 6.45) is 10.1. The van der Waals surface area contributed by atoms with Gasteiger partial charge in [-0.2, -0.15) is 0 Å². The zero-order valence-electron chi connectivity index (χ0n) is 14.6. The first-order valence-corrected chi connectivity index (χ1v) is 8.53. The lowest BCUT2D eigenvalue weighted by molar-refractivity contribution is -0.141. The van der Waals surface area contributed by atoms with E-state index in [1.807, 2.05) is 31.9 Å². The van der Waals surface area contributed by atoms with Gasteiger partial charge in [-0.05, 0) is 25.2 Å². The van der Waals surface area contributed by atoms with Crippen LogP contribution >= 0.6 is 0 Å². The Morgan fingerprint density at radius 3 is 2.75 bits per heavy atom. The zero-order chi connectivity index (χ0) is 17.2. The van der Waals surface area contributed by atoms with Crippen LogP contribution in [-0.4, -0.2) is 43.8 Å². The molecule has 0 aromatic carbocycles. The van der Waals surface area contributed by atoms with Gasteiger partial charge in [0.05, 0.1) is 11.9 Å². The molecule has 0 bridgehead atoms. The SMILES string of the molecule is CC(C)(C)C(=O)N1CCC[C@H](Cc2cnc(-c3ncc[nH]3)cn2)C1. The third-order valence-electron chi connectivity index (χ3n) is 4.39. The highest BCUT2D eigenvalue weighted by Gasteiger charge is 2.31. The van der Waals surface area contributed by atoms with Crippen LogP contribution in [0.2, 0.25) is 0 Å². The molecule has 6 nitrogen and oxygen atoms in total. The molecule has 0 aliphatic carbocycles. The smallest absolute Gasteiger partial charge is 0.227 e. The highest BCUT2D eigenvalue weighted by molar-refractivity contribution is 5.81. The van der Waals surface area contributed by atoms with Crippen LogP contribution in [0.25, 0.3) is 11.5 Å². The third kappa shape index (κ3) is 3.80. The molecule has 0 unspecified atom stereocenters. The summed E-state index contributed by atoms with van der Waals surface area (Å²) in [4.78, 5) is 30.7. The number of carbonyl (C=O) groups excluding carboxylic acids is 1. The van der Waals surface area contributed by atoms with Crippen molar-refractivity contribution in [3.63, 3.8) is 0 Å². The van der Waals surface area contributed by atoms with Crippen molar-refractivity contribution in [2.45, 2.75) is 40.0 Å². The Hall–Kier alpha value is -2.24. The van der Waals surface area contributed by atoms with Crippen molar-refractivity contribution in [1.82, 2.24) is 24.8 Å². The molecule has 128 valence electrons. The molecule has 1 N–H and O–H groups in total. The Labute approximate surface area is 142 Å². The van der Waals surface area contributed by atoms with Crippen molar-refractivity contribution in [2.24, 2.45) is 11.3 Å². The average molecular weight is 327 g/mol. The van der Waals surface area contributed by atoms with Crippen LogP contribution in [0.15, 0.2) is 24.8 Å². The van der Waals surface area contributed by atoms with Crippen molar-refractivity contribution in [3.8, 4) is 11.5 Å². The number of H-pyrrole nitrogens is 1. The normalized spacial score (nSPS) is 18.6. The number of piperidine rings is 1. The summed E-state index contributed by atoms with van der Waals surface area (Å²) < 4.78 is 0. The van der Waals surface area contributed by atoms with Gasteiger partial charge in [0.25, 0.3) is 0 Å². The summed E-state index contributed by atoms with van der Waals surface area (Å²) >= 11 is 0. The van der Waals surface area contributed by atoms with Gasteiger partial charge >= 0.3 is 0 Å². The quantitative estimate of drug-likeness (QED) is 0.940. The molecule has 1 saturated heterocycles. The lowest BCUT2D eigenvalue weighted by atomic mass is 9.89. The number of aromatic amines is 1. The van der Waals surface area contributed by atoms with Crippen molar-refractivity contribution in [1.29, 1.82) is 0 Å². The van der Waals surface area contributed by atoms with E-state index >= 15 is 0 Å². The van der Waals surface area contributed by atoms with E-state index in [2.05, 4.69) is 19.9 Å². The fraction of sp³-hybridized carbons (Fsp3) is 0.556. The average Bonchev–Trinajstić information content (AvgIpc) is 3.09. The van der Waals surface area contributed by atoms with Crippen LogP contribution in [0.1, 0.15) is 39.3 Å². The molecule has 1 atom stereocenters. The molecule has 2 aromatic heterocycles. The van der Waals surface area contributed by atoms with Gasteiger partial charge in [0.2, 0.25) is 5.91 Å². The van der Waals surface area contributed by atoms with Gasteiger partial charge in [0.1, 0.15) is 5.69 Å². The van der Waals surface area contributed by atoms with Gasteiger partial charge in [-0.15, -0.1) is 0 Å². The number of hydrogen-bond acceptors (Lipinski definition) is 4. The number of rotatable bonds is 3. The van der Waals surface area contributed by atoms with Gasteiger partial charge in [0, 0.05) is 37.1 Å². The second-order valence-corrected chi connectivity index (χ2v) is 7.54. The second-order valence-electron chi connectivity index (χ2n) is 7.54. The third-order valence-corrected chi connectivity index (χ3v) is 4.39. The molecule has 1 amide bonds. The van der Waals surface area contributed by atoms with Crippen molar-refractivity contribution in [3.05, 3.63) is 30.5 Å². The van der Waals surface area contributed by atoms with E-state index in [0.717, 1.165) is 49.6 Å². The molecule has 2 aromatic rings. The van der Waals surface area contributed by atoms with E-state index in [0.29, 0.717) is 5.92 Å². The fourth-order valence-corrected chi connectivity index (χ4v) is 3.17. The summed E-state index contributed by atoms with van der Waals surface area (Å²) in [6.45, 7) is 7.64. The first-order valence-electron chi connectivity index (χ1n) is 8.53. The predicted octanol–water partition coefficient (Wildman–Crippen LogP) is 2.69. The Morgan fingerprint density at radius 1 is 1.29 bits per heavy atom. The van der Waals surface area contributed by atoms with Gasteiger partial charge < -0.3 is 9.88 Å². The Bertz CT molecular complexity index is 672. The van der Waals surface area contributed by atoms with E-state index in [1.54, 1.807) is 18.6 Å². The molecule has 6 heteroatoms. The van der Waals surface area contributed by atoms with Crippen molar-refractivity contribution in [2.75, 3.05) is 13.1 Å². The summed E-state index contributed by atoms with van der Waals surface area (Å²) in [5.74, 6) is 1.42. The van der Waals surface area contributed by atoms with Crippen molar-refractivity contribution < 1.29 is 4.79 Å². The lowest BCUT2D eigenvalue weighted by Gasteiger charge is -2.36. The standard InChI is InChI=1S/C18H25N5O/c1-18(2,3)17(24)23-8-4-5-13(12-23)9-14-10-22-15(11-21-14)16-19-6-7-20-16/h6-7,10-11,13H,4-5,8-9,12H2,1-3H3,(H,19,20)/t13-/m1/s1. The summed E-state index contributed by atoms with van der Waals surface area (Å²) in [7, 11) is 0. The van der Waals surface area contributed by atoms with Crippen molar-refractivity contribution >= 4 is 5.91 Å². The largest absolute Gasteiger partial charge is 0.343 e. The monoisotopic (exact) mass is 327 g/mol. The van der Waals surface area contributed by atoms with Gasteiger partial charge in [-0.3, -0.25) is 9.78 Å². The minimum atomic E-state index is -0.313. The molecule has 1 aliphatic rings. The molecule has 0 spiro atoms. The molecule has 0 saturated carbocycles. The van der Waals surface area contributed by atoms with E-state index in [1.165, 1.54) is 0 Å². The number of nitrogens with one attached hydrogen (secondary N) is 1. The molecule has 3 heterocycles. The summed E-state index contributed by atoms with van der Waals surface area (Å²) in [5.41, 5.74) is 1.41. The van der Waals surface area contributed by atoms with Crippen LogP contribution in [0.4, 0.5) is 0 Å². The van der Waals surface area contributed by atoms with Crippen LogP contribution in [0.5, 0.6) is 0 Å². The molecule has 3 rings (SSSR count). The minimum absolute atomic E-state index is 0.242. The maximum absolute atomic E-state index is 12.5. The highest BCUT2D eigenvalue weighted by Crippen LogP contribution is 2.25. The molecular weight excluding hydrogens is 302 g/mol. The Kier molecular flexibility index (Phi) is 4.64. The molecule has 24 heavy (non-hydrogen) atoms. The number of carbonyl (C=O) groups is 1. The highest BCUT2D eigenvalue weighted by atomic mass is 16.2. The van der Waals surface area contributed by atoms with Gasteiger partial charge in [-0.1, -0.05) is 20.8 Å². The van der Waals surface area contributed by atoms with Crippen LogP contribution in [0.3, 0.4) is 0 Å². The number of nitrogens with zero attached hydrogens (tertiary/aromatic N) is 4. The van der Waals surface area contributed by atoms with E-state index in [9.17, 15) is 4.79 Å². The van der Waals surface area contributed by atoms with E-state index in [-0.39, 0.29) is 11.3 Å². The Morgan fingerprint density at radius 2 is 2.12 bits per heavy atom. The predicted molar refractivity (Wildman–Crippen MR) is 92.1 cm³/mol. The number of imidazole rings is 1. The molecule has 1 fully saturated rings. The minimum Gasteiger partial charge on any atom is -0.343 e. The number of hydrogen-bond donors (Lipinski definition) is 1. The van der Waals surface area contributed by atoms with Gasteiger partial charge in [-0.25, -0.2) is 9.97 Å². The van der Waals surface area contributed by atoms with Crippen LogP contribution in [0, 0.1) is 11.3 Å². The number of likely N-dealkylation sites (tertiary alicyclic amines) is 1. The van der Waals surface area contributed by atoms with Gasteiger partial charge in [0.15, 0.2) is 5.82 Å². The Balaban J connectivity index is 1.62. The van der Waals surface area contributed by atoms with Crippen LogP contribution < -0.4 is 0 Å². The first-order chi connectivity index (χ1) is 11.4. The van der Waals surface area contributed by atoms with E-state index < -0.39 is 0 Å². The van der Waals surface area contributed by atoms with Crippen LogP contribution in [-0.2, 0) is 11.2 Å². The second kappa shape index (κ2) is 6.71. The maximum atomic E-state index is 12.5. The van der Waals surface area contributed by atoms with E-state index in [4.69, 9.17) is 0 Å². The molecular formula is C18H25N5O. The zero-order valence-corrected chi connectivity index (χ0v) is 14.6. The number of aromatic nitrogens is 4. The topological polar surface area (TPSA) is 74.8 Å². The summed E-state index contributed by atoms with van der Waals surface area (Å²) in [5, 5.41) is 0.